The summed E-state index contributed by atoms with van der Waals surface area (Å²) in [7, 11) is 1.33. The Balaban J connectivity index is 1.67. The van der Waals surface area contributed by atoms with Gasteiger partial charge in [0.1, 0.15) is 18.7 Å². The van der Waals surface area contributed by atoms with Gasteiger partial charge in [-0.2, -0.15) is 10.2 Å². The van der Waals surface area contributed by atoms with Crippen molar-refractivity contribution in [1.29, 1.82) is 0 Å². The average Bonchev–Trinajstić information content (AvgIpc) is 3.26. The maximum Gasteiger partial charge on any atom is 0.327 e. The van der Waals surface area contributed by atoms with Crippen molar-refractivity contribution in [2.24, 2.45) is 0 Å². The Kier molecular flexibility index (Phi) is 4.66. The second-order valence-corrected chi connectivity index (χ2v) is 6.43. The number of esters is 1. The lowest BCUT2D eigenvalue weighted by atomic mass is 10.3. The molecule has 0 saturated carbocycles. The van der Waals surface area contributed by atoms with E-state index in [4.69, 9.17) is 11.6 Å². The lowest BCUT2D eigenvalue weighted by Gasteiger charge is -2.08. The van der Waals surface area contributed by atoms with E-state index >= 15 is 0 Å². The molecular weight excluding hydrogens is 382 g/mol. The highest BCUT2D eigenvalue weighted by atomic mass is 35.5. The minimum absolute atomic E-state index is 0.0256. The van der Waals surface area contributed by atoms with E-state index < -0.39 is 5.97 Å². The molecule has 3 aromatic heterocycles. The summed E-state index contributed by atoms with van der Waals surface area (Å²) in [6, 6.07) is 7.45. The van der Waals surface area contributed by atoms with Crippen LogP contribution < -0.4 is 5.32 Å². The molecule has 0 aliphatic carbocycles. The molecule has 28 heavy (non-hydrogen) atoms. The largest absolute Gasteiger partial charge is 0.468 e. The van der Waals surface area contributed by atoms with E-state index in [2.05, 4.69) is 30.2 Å². The number of methoxy groups -OCH3 is 1. The number of aromatic nitrogens is 6. The van der Waals surface area contributed by atoms with E-state index in [0.29, 0.717) is 21.9 Å². The van der Waals surface area contributed by atoms with E-state index in [1.165, 1.54) is 18.1 Å². The van der Waals surface area contributed by atoms with Gasteiger partial charge in [-0.25, -0.2) is 19.3 Å². The average molecular weight is 398 g/mol. The van der Waals surface area contributed by atoms with Gasteiger partial charge in [0.25, 0.3) is 0 Å². The van der Waals surface area contributed by atoms with Crippen LogP contribution in [0.1, 0.15) is 5.69 Å². The molecule has 0 unspecified atom stereocenters. The van der Waals surface area contributed by atoms with Gasteiger partial charge in [0.05, 0.1) is 42.0 Å². The molecule has 3 heterocycles. The second kappa shape index (κ2) is 7.28. The first kappa shape index (κ1) is 17.9. The second-order valence-electron chi connectivity index (χ2n) is 6.00. The fourth-order valence-corrected chi connectivity index (χ4v) is 3.01. The zero-order valence-corrected chi connectivity index (χ0v) is 15.9. The van der Waals surface area contributed by atoms with Crippen LogP contribution in [0.4, 0.5) is 11.5 Å². The molecule has 10 heteroatoms. The van der Waals surface area contributed by atoms with Gasteiger partial charge in [-0.1, -0.05) is 17.7 Å². The number of fused-ring (bicyclic) bond motifs is 1. The van der Waals surface area contributed by atoms with Gasteiger partial charge >= 0.3 is 5.97 Å². The van der Waals surface area contributed by atoms with Crippen LogP contribution in [0.2, 0.25) is 5.02 Å². The van der Waals surface area contributed by atoms with Crippen LogP contribution in [0.5, 0.6) is 0 Å². The van der Waals surface area contributed by atoms with Crippen molar-refractivity contribution in [3.05, 3.63) is 53.7 Å². The third-order valence-electron chi connectivity index (χ3n) is 4.26. The van der Waals surface area contributed by atoms with Crippen LogP contribution >= 0.6 is 11.6 Å². The van der Waals surface area contributed by atoms with Gasteiger partial charge in [0, 0.05) is 5.02 Å². The van der Waals surface area contributed by atoms with Crippen LogP contribution in [0.15, 0.2) is 43.0 Å². The van der Waals surface area contributed by atoms with Crippen molar-refractivity contribution in [2.75, 3.05) is 12.4 Å². The molecule has 0 saturated heterocycles. The molecule has 0 aliphatic rings. The number of carbonyl (C=O) groups excluding carboxylic acids is 1. The minimum atomic E-state index is -0.406. The number of nitrogens with zero attached hydrogens (tertiary/aromatic N) is 6. The third-order valence-corrected chi connectivity index (χ3v) is 4.49. The van der Waals surface area contributed by atoms with E-state index in [1.807, 2.05) is 31.2 Å². The number of ether oxygens (including phenoxy) is 1. The third kappa shape index (κ3) is 3.27. The van der Waals surface area contributed by atoms with Gasteiger partial charge in [-0.15, -0.1) is 0 Å². The van der Waals surface area contributed by atoms with Gasteiger partial charge in [-0.05, 0) is 25.1 Å². The van der Waals surface area contributed by atoms with Crippen molar-refractivity contribution < 1.29 is 9.53 Å². The number of hydrogen-bond acceptors (Lipinski definition) is 7. The normalized spacial score (nSPS) is 11.0. The molecule has 142 valence electrons. The molecule has 0 fully saturated rings. The highest BCUT2D eigenvalue weighted by Crippen LogP contribution is 2.26. The highest BCUT2D eigenvalue weighted by molar-refractivity contribution is 6.30. The van der Waals surface area contributed by atoms with E-state index in [0.717, 1.165) is 17.1 Å². The zero-order chi connectivity index (χ0) is 19.7. The van der Waals surface area contributed by atoms with Gasteiger partial charge in [0.15, 0.2) is 5.65 Å². The Morgan fingerprint density at radius 1 is 1.25 bits per heavy atom. The summed E-state index contributed by atoms with van der Waals surface area (Å²) in [6.07, 6.45) is 4.73. The first-order chi connectivity index (χ1) is 13.6. The van der Waals surface area contributed by atoms with Gasteiger partial charge in [-0.3, -0.25) is 4.79 Å². The summed E-state index contributed by atoms with van der Waals surface area (Å²) in [6.45, 7) is 1.91. The van der Waals surface area contributed by atoms with Crippen molar-refractivity contribution in [1.82, 2.24) is 29.5 Å². The Hall–Kier alpha value is -3.46. The first-order valence-corrected chi connectivity index (χ1v) is 8.75. The van der Waals surface area contributed by atoms with Crippen molar-refractivity contribution in [3.63, 3.8) is 0 Å². The molecule has 0 radical (unpaired) electrons. The number of benzene rings is 1. The van der Waals surface area contributed by atoms with Crippen LogP contribution in [0.3, 0.4) is 0 Å². The van der Waals surface area contributed by atoms with E-state index in [1.54, 1.807) is 17.1 Å². The SMILES string of the molecule is COC(=O)Cn1ncc2c(Nc3cnn(-c4cccc(Cl)c4)c3C)ncnc21. The molecule has 1 N–H and O–H groups in total. The lowest BCUT2D eigenvalue weighted by molar-refractivity contribution is -0.141. The molecule has 1 aromatic carbocycles. The van der Waals surface area contributed by atoms with Crippen LogP contribution in [-0.4, -0.2) is 42.6 Å². The maximum absolute atomic E-state index is 11.5. The molecule has 0 amide bonds. The van der Waals surface area contributed by atoms with Crippen LogP contribution in [0.25, 0.3) is 16.7 Å². The molecule has 4 rings (SSSR count). The molecule has 0 bridgehead atoms. The Morgan fingerprint density at radius 2 is 2.11 bits per heavy atom. The molecule has 9 nitrogen and oxygen atoms in total. The van der Waals surface area contributed by atoms with Crippen molar-refractivity contribution >= 4 is 40.1 Å². The van der Waals surface area contributed by atoms with E-state index in [-0.39, 0.29) is 6.54 Å². The Morgan fingerprint density at radius 3 is 2.89 bits per heavy atom. The summed E-state index contributed by atoms with van der Waals surface area (Å²) >= 11 is 6.08. The fraction of sp³-hybridized carbons (Fsp3) is 0.167. The zero-order valence-electron chi connectivity index (χ0n) is 15.1. The van der Waals surface area contributed by atoms with Crippen molar-refractivity contribution in [3.8, 4) is 5.69 Å². The number of halogens is 1. The molecule has 0 spiro atoms. The summed E-state index contributed by atoms with van der Waals surface area (Å²) in [5.41, 5.74) is 3.05. The standard InChI is InChI=1S/C18H16ClN7O2/c1-11-15(8-23-26(11)13-5-3-4-12(19)6-13)24-17-14-7-22-25(9-16(27)28-2)18(14)21-10-20-17/h3-8,10H,9H2,1-2H3,(H,20,21,24). The minimum Gasteiger partial charge on any atom is -0.468 e. The Bertz CT molecular complexity index is 1170. The summed E-state index contributed by atoms with van der Waals surface area (Å²) in [5, 5.41) is 13.2. The van der Waals surface area contributed by atoms with Crippen LogP contribution in [0, 0.1) is 6.92 Å². The van der Waals surface area contributed by atoms with E-state index in [9.17, 15) is 4.79 Å². The lowest BCUT2D eigenvalue weighted by Crippen LogP contribution is -2.13. The number of carbonyl (C=O) groups is 1. The summed E-state index contributed by atoms with van der Waals surface area (Å²) in [5.74, 6) is 0.159. The molecule has 0 atom stereocenters. The number of rotatable bonds is 5. The summed E-state index contributed by atoms with van der Waals surface area (Å²) < 4.78 is 7.94. The number of hydrogen-bond donors (Lipinski definition) is 1. The summed E-state index contributed by atoms with van der Waals surface area (Å²) in [4.78, 5) is 20.1. The Labute approximate surface area is 164 Å². The monoisotopic (exact) mass is 397 g/mol. The smallest absolute Gasteiger partial charge is 0.327 e. The number of anilines is 2. The molecule has 0 aliphatic heterocycles. The molecule has 4 aromatic rings. The first-order valence-electron chi connectivity index (χ1n) is 8.37. The topological polar surface area (TPSA) is 99.8 Å². The maximum atomic E-state index is 11.5. The van der Waals surface area contributed by atoms with Crippen LogP contribution in [-0.2, 0) is 16.1 Å². The number of nitrogens with one attached hydrogen (secondary N) is 1. The predicted molar refractivity (Wildman–Crippen MR) is 104 cm³/mol. The van der Waals surface area contributed by atoms with Gasteiger partial charge < -0.3 is 10.1 Å². The van der Waals surface area contributed by atoms with Crippen molar-refractivity contribution in [2.45, 2.75) is 13.5 Å². The fourth-order valence-electron chi connectivity index (χ4n) is 2.82. The van der Waals surface area contributed by atoms with Gasteiger partial charge in [0.2, 0.25) is 0 Å². The molecular formula is C18H16ClN7O2. The highest BCUT2D eigenvalue weighted by Gasteiger charge is 2.15. The predicted octanol–water partition coefficient (Wildman–Crippen LogP) is 2.89. The quantitative estimate of drug-likeness (QED) is 0.517.